The maximum absolute atomic E-state index is 5.66. The number of hydrogen-bond donors (Lipinski definition) is 0. The van der Waals surface area contributed by atoms with Crippen molar-refractivity contribution in [2.24, 2.45) is 0 Å². The van der Waals surface area contributed by atoms with Gasteiger partial charge in [-0.15, -0.1) is 24.0 Å². The molecule has 0 heterocycles. The van der Waals surface area contributed by atoms with Gasteiger partial charge in [0.15, 0.2) is 0 Å². The van der Waals surface area contributed by atoms with E-state index in [1.807, 2.05) is 18.2 Å². The fraction of sp³-hybridized carbons (Fsp3) is 0. The second-order valence-electron chi connectivity index (χ2n) is 1.63. The molecule has 0 aliphatic rings. The topological polar surface area (TPSA) is 0 Å². The van der Waals surface area contributed by atoms with E-state index >= 15 is 0 Å². The summed E-state index contributed by atoms with van der Waals surface area (Å²) in [4.78, 5) is 0. The van der Waals surface area contributed by atoms with Crippen LogP contribution in [0.25, 0.3) is 0 Å². The van der Waals surface area contributed by atoms with Crippen LogP contribution in [0.1, 0.15) is 0 Å². The fourth-order valence-electron chi connectivity index (χ4n) is 0.537. The molecule has 0 saturated heterocycles. The van der Waals surface area contributed by atoms with E-state index in [1.54, 1.807) is 0 Å². The largest absolute Gasteiger partial charge is 0.107 e. The van der Waals surface area contributed by atoms with E-state index in [0.29, 0.717) is 0 Å². The molecule has 0 saturated carbocycles. The minimum absolute atomic E-state index is 0. The Labute approximate surface area is 86.7 Å². The van der Waals surface area contributed by atoms with Crippen LogP contribution in [0.5, 0.6) is 0 Å². The fourth-order valence-corrected chi connectivity index (χ4v) is 1.77. The van der Waals surface area contributed by atoms with Crippen LogP contribution in [0.15, 0.2) is 24.3 Å². The molecule has 3 heteroatoms. The molecule has 0 nitrogen and oxygen atoms in total. The van der Waals surface area contributed by atoms with Crippen LogP contribution in [0, 0.1) is 0 Å². The summed E-state index contributed by atoms with van der Waals surface area (Å²) in [5, 5.41) is 0.841. The Balaban J connectivity index is 0.000000640. The first-order valence-electron chi connectivity index (χ1n) is 2.36. The minimum Gasteiger partial charge on any atom is -0.107 e. The molecule has 0 bridgehead atoms. The molecule has 0 N–H and O–H groups in total. The van der Waals surface area contributed by atoms with Gasteiger partial charge in [0.1, 0.15) is 0 Å². The number of rotatable bonds is 0. The van der Waals surface area contributed by atoms with Gasteiger partial charge in [-0.05, 0) is 0 Å². The summed E-state index contributed by atoms with van der Waals surface area (Å²) in [7, 11) is 0. The van der Waals surface area contributed by atoms with Crippen LogP contribution in [0.4, 0.5) is 0 Å². The van der Waals surface area contributed by atoms with Crippen molar-refractivity contribution in [3.63, 3.8) is 0 Å². The van der Waals surface area contributed by atoms with Crippen molar-refractivity contribution in [2.75, 3.05) is 0 Å². The SMILES string of the molecule is Clc1ccc[c]([Zn])c1.I. The Hall–Kier alpha value is 0.863. The van der Waals surface area contributed by atoms with Crippen molar-refractivity contribution in [2.45, 2.75) is 0 Å². The van der Waals surface area contributed by atoms with Gasteiger partial charge in [0.05, 0.1) is 0 Å². The summed E-state index contributed by atoms with van der Waals surface area (Å²) in [5.41, 5.74) is 0. The maximum Gasteiger partial charge on any atom is -0.107 e. The van der Waals surface area contributed by atoms with Gasteiger partial charge in [0.25, 0.3) is 0 Å². The van der Waals surface area contributed by atoms with Crippen LogP contribution < -0.4 is 4.16 Å². The van der Waals surface area contributed by atoms with E-state index in [-0.39, 0.29) is 24.0 Å². The van der Waals surface area contributed by atoms with Crippen LogP contribution in [0.3, 0.4) is 0 Å². The quantitative estimate of drug-likeness (QED) is 0.509. The Morgan fingerprint density at radius 3 is 2.33 bits per heavy atom. The average molecular weight is 305 g/mol. The Bertz CT molecular complexity index is 173. The first kappa shape index (κ1) is 9.86. The number of benzene rings is 1. The van der Waals surface area contributed by atoms with Gasteiger partial charge in [-0.2, -0.15) is 0 Å². The molecule has 45 valence electrons. The average Bonchev–Trinajstić information content (AvgIpc) is 1.64. The Kier molecular flexibility index (Phi) is 5.09. The van der Waals surface area contributed by atoms with Gasteiger partial charge in [-0.25, -0.2) is 0 Å². The summed E-state index contributed by atoms with van der Waals surface area (Å²) < 4.78 is 1.33. The van der Waals surface area contributed by atoms with Crippen LogP contribution in [-0.4, -0.2) is 0 Å². The van der Waals surface area contributed by atoms with Gasteiger partial charge >= 0.3 is 63.3 Å². The summed E-state index contributed by atoms with van der Waals surface area (Å²) in [6, 6.07) is 7.93. The molecule has 1 rings (SSSR count). The molecule has 9 heavy (non-hydrogen) atoms. The third kappa shape index (κ3) is 3.54. The molecule has 1 aromatic carbocycles. The zero-order valence-electron chi connectivity index (χ0n) is 4.80. The summed E-state index contributed by atoms with van der Waals surface area (Å²) in [6.07, 6.45) is 0. The maximum atomic E-state index is 5.66. The molecule has 0 aliphatic heterocycles. The summed E-state index contributed by atoms with van der Waals surface area (Å²) in [6.45, 7) is 0. The molecule has 0 spiro atoms. The van der Waals surface area contributed by atoms with E-state index in [4.69, 9.17) is 11.6 Å². The van der Waals surface area contributed by atoms with Gasteiger partial charge in [0.2, 0.25) is 0 Å². The van der Waals surface area contributed by atoms with E-state index in [2.05, 4.69) is 6.07 Å². The van der Waals surface area contributed by atoms with Crippen molar-refractivity contribution in [3.8, 4) is 0 Å². The minimum atomic E-state index is 0. The van der Waals surface area contributed by atoms with Gasteiger partial charge in [-0.1, -0.05) is 0 Å². The standard InChI is InChI=1S/C6H4Cl.HI.Zn/c7-6-4-2-1-3-5-6;;/h1-2,4-5H;1H;. The van der Waals surface area contributed by atoms with E-state index in [9.17, 15) is 0 Å². The van der Waals surface area contributed by atoms with E-state index < -0.39 is 0 Å². The molecule has 1 aromatic rings. The molecule has 0 aromatic heterocycles. The third-order valence-electron chi connectivity index (χ3n) is 0.889. The van der Waals surface area contributed by atoms with Gasteiger partial charge in [-0.3, -0.25) is 0 Å². The van der Waals surface area contributed by atoms with Crippen LogP contribution in [-0.2, 0) is 18.3 Å². The van der Waals surface area contributed by atoms with E-state index in [1.165, 1.54) is 22.5 Å². The first-order valence-corrected chi connectivity index (χ1v) is 4.23. The predicted octanol–water partition coefficient (Wildman–Crippen LogP) is 2.13. The van der Waals surface area contributed by atoms with Crippen molar-refractivity contribution in [3.05, 3.63) is 29.3 Å². The normalized spacial score (nSPS) is 8.33. The molecular weight excluding hydrogens is 300 g/mol. The number of hydrogen-bond acceptors (Lipinski definition) is 0. The second-order valence-corrected chi connectivity index (χ2v) is 3.78. The van der Waals surface area contributed by atoms with Crippen molar-refractivity contribution in [1.29, 1.82) is 0 Å². The second kappa shape index (κ2) is 4.64. The van der Waals surface area contributed by atoms with Gasteiger partial charge < -0.3 is 0 Å². The molecule has 0 aliphatic carbocycles. The Morgan fingerprint density at radius 2 is 2.00 bits per heavy atom. The molecular formula is C6H5ClIZn. The molecule has 0 amide bonds. The van der Waals surface area contributed by atoms with Crippen molar-refractivity contribution < 1.29 is 18.3 Å². The third-order valence-corrected chi connectivity index (χ3v) is 2.05. The van der Waals surface area contributed by atoms with Crippen molar-refractivity contribution in [1.82, 2.24) is 0 Å². The summed E-state index contributed by atoms with van der Waals surface area (Å²) in [5.74, 6) is 0. The molecule has 0 unspecified atom stereocenters. The van der Waals surface area contributed by atoms with Gasteiger partial charge in [0, 0.05) is 0 Å². The summed E-state index contributed by atoms with van der Waals surface area (Å²) >= 11 is 6.85. The smallest absolute Gasteiger partial charge is 0.107 e. The van der Waals surface area contributed by atoms with Crippen LogP contribution in [0.2, 0.25) is 5.02 Å². The number of halogens is 2. The van der Waals surface area contributed by atoms with Crippen molar-refractivity contribution >= 4 is 39.7 Å². The monoisotopic (exact) mass is 303 g/mol. The Morgan fingerprint density at radius 1 is 1.33 bits per heavy atom. The first-order chi connectivity index (χ1) is 3.79. The molecule has 0 fully saturated rings. The molecule has 0 atom stereocenters. The predicted molar refractivity (Wildman–Crippen MR) is 46.5 cm³/mol. The zero-order valence-corrected chi connectivity index (χ0v) is 10.9. The van der Waals surface area contributed by atoms with Crippen LogP contribution >= 0.6 is 35.6 Å². The van der Waals surface area contributed by atoms with E-state index in [0.717, 1.165) is 5.02 Å². The zero-order chi connectivity index (χ0) is 5.98. The molecule has 0 radical (unpaired) electrons.